The number of hydrogen-bond acceptors (Lipinski definition) is 2. The van der Waals surface area contributed by atoms with Crippen LogP contribution in [-0.4, -0.2) is 0 Å². The van der Waals surface area contributed by atoms with Crippen LogP contribution in [0.15, 0.2) is 36.4 Å². The Balaban J connectivity index is 0.00000144. The molecule has 0 bridgehead atoms. The molecule has 0 unspecified atom stereocenters. The highest BCUT2D eigenvalue weighted by molar-refractivity contribution is 6.45. The van der Waals surface area contributed by atoms with E-state index in [4.69, 9.17) is 34.7 Å². The zero-order valence-corrected chi connectivity index (χ0v) is 11.1. The maximum Gasteiger partial charge on any atom is 0.0827 e. The minimum Gasteiger partial charge on any atom is -0.399 e. The van der Waals surface area contributed by atoms with Gasteiger partial charge in [-0.15, -0.1) is 12.4 Å². The van der Waals surface area contributed by atoms with Gasteiger partial charge in [0.1, 0.15) is 0 Å². The molecule has 17 heavy (non-hydrogen) atoms. The topological polar surface area (TPSA) is 52.0 Å². The molecule has 0 heterocycles. The van der Waals surface area contributed by atoms with Crippen LogP contribution in [0.5, 0.6) is 0 Å². The lowest BCUT2D eigenvalue weighted by atomic mass is 10.0. The van der Waals surface area contributed by atoms with E-state index in [1.807, 2.05) is 30.3 Å². The van der Waals surface area contributed by atoms with Gasteiger partial charge in [-0.1, -0.05) is 41.4 Å². The highest BCUT2D eigenvalue weighted by Crippen LogP contribution is 2.37. The Bertz CT molecular complexity index is 524. The Morgan fingerprint density at radius 2 is 1.35 bits per heavy atom. The summed E-state index contributed by atoms with van der Waals surface area (Å²) >= 11 is 12.1. The molecule has 2 nitrogen and oxygen atoms in total. The molecule has 0 radical (unpaired) electrons. The van der Waals surface area contributed by atoms with Gasteiger partial charge in [-0.25, -0.2) is 0 Å². The van der Waals surface area contributed by atoms with E-state index in [-0.39, 0.29) is 12.4 Å². The molecule has 0 saturated carbocycles. The van der Waals surface area contributed by atoms with Crippen molar-refractivity contribution in [2.24, 2.45) is 0 Å². The second-order valence-electron chi connectivity index (χ2n) is 3.45. The zero-order chi connectivity index (χ0) is 11.7. The minimum atomic E-state index is 0. The third kappa shape index (κ3) is 2.78. The fraction of sp³-hybridized carbons (Fsp3) is 0. The lowest BCUT2D eigenvalue weighted by Crippen LogP contribution is -1.89. The summed E-state index contributed by atoms with van der Waals surface area (Å²) in [4.78, 5) is 0. The van der Waals surface area contributed by atoms with E-state index in [0.717, 1.165) is 11.1 Å². The third-order valence-electron chi connectivity index (χ3n) is 2.33. The molecule has 0 fully saturated rings. The quantitative estimate of drug-likeness (QED) is 0.771. The van der Waals surface area contributed by atoms with Crippen LogP contribution in [0.25, 0.3) is 11.1 Å². The summed E-state index contributed by atoms with van der Waals surface area (Å²) < 4.78 is 0. The summed E-state index contributed by atoms with van der Waals surface area (Å²) in [6.07, 6.45) is 0. The summed E-state index contributed by atoms with van der Waals surface area (Å²) in [6.45, 7) is 0. The van der Waals surface area contributed by atoms with Gasteiger partial charge >= 0.3 is 0 Å². The number of halogens is 3. The van der Waals surface area contributed by atoms with Crippen LogP contribution in [0.2, 0.25) is 10.0 Å². The average molecular weight is 290 g/mol. The van der Waals surface area contributed by atoms with E-state index in [0.29, 0.717) is 21.4 Å². The Morgan fingerprint density at radius 3 is 1.94 bits per heavy atom. The predicted octanol–water partition coefficient (Wildman–Crippen LogP) is 4.25. The molecule has 0 saturated heterocycles. The molecule has 2 aromatic carbocycles. The van der Waals surface area contributed by atoms with Gasteiger partial charge in [0.25, 0.3) is 0 Å². The summed E-state index contributed by atoms with van der Waals surface area (Å²) in [7, 11) is 0. The molecule has 0 atom stereocenters. The highest BCUT2D eigenvalue weighted by Gasteiger charge is 2.09. The monoisotopic (exact) mass is 288 g/mol. The third-order valence-corrected chi connectivity index (χ3v) is 3.23. The van der Waals surface area contributed by atoms with Crippen molar-refractivity contribution in [2.45, 2.75) is 0 Å². The maximum atomic E-state index is 6.13. The Hall–Kier alpha value is -1.09. The molecular weight excluding hydrogens is 279 g/mol. The fourth-order valence-electron chi connectivity index (χ4n) is 1.45. The zero-order valence-electron chi connectivity index (χ0n) is 8.78. The van der Waals surface area contributed by atoms with Crippen molar-refractivity contribution in [3.63, 3.8) is 0 Å². The molecule has 0 aromatic heterocycles. The predicted molar refractivity (Wildman–Crippen MR) is 78.0 cm³/mol. The Kier molecular flexibility index (Phi) is 4.52. The van der Waals surface area contributed by atoms with Crippen molar-refractivity contribution in [2.75, 3.05) is 11.5 Å². The smallest absolute Gasteiger partial charge is 0.0827 e. The van der Waals surface area contributed by atoms with Crippen molar-refractivity contribution in [1.82, 2.24) is 0 Å². The molecule has 2 rings (SSSR count). The summed E-state index contributed by atoms with van der Waals surface area (Å²) in [5.41, 5.74) is 14.3. The normalized spacial score (nSPS) is 9.76. The second kappa shape index (κ2) is 5.50. The molecule has 0 aliphatic rings. The van der Waals surface area contributed by atoms with Crippen LogP contribution in [-0.2, 0) is 0 Å². The summed E-state index contributed by atoms with van der Waals surface area (Å²) in [6, 6.07) is 11.0. The average Bonchev–Trinajstić information content (AvgIpc) is 2.28. The van der Waals surface area contributed by atoms with Crippen LogP contribution < -0.4 is 11.5 Å². The molecule has 0 aliphatic heterocycles. The number of rotatable bonds is 1. The van der Waals surface area contributed by atoms with E-state index in [1.54, 1.807) is 6.07 Å². The molecule has 90 valence electrons. The summed E-state index contributed by atoms with van der Waals surface area (Å²) in [5.74, 6) is 0. The van der Waals surface area contributed by atoms with Crippen LogP contribution in [0.3, 0.4) is 0 Å². The Morgan fingerprint density at radius 1 is 0.765 bits per heavy atom. The van der Waals surface area contributed by atoms with Gasteiger partial charge in [0.2, 0.25) is 0 Å². The SMILES string of the molecule is Cl.Nc1ccc(-c2ccc(N)c(Cl)c2Cl)cc1. The second-order valence-corrected chi connectivity index (χ2v) is 4.21. The standard InChI is InChI=1S/C12H10Cl2N2.ClH/c13-11-9(5-6-10(16)12(11)14)7-1-3-8(15)4-2-7;/h1-6H,15-16H2;1H. The molecule has 0 spiro atoms. The molecule has 0 aliphatic carbocycles. The minimum absolute atomic E-state index is 0. The van der Waals surface area contributed by atoms with Crippen molar-refractivity contribution in [1.29, 1.82) is 0 Å². The van der Waals surface area contributed by atoms with Gasteiger partial charge in [0.15, 0.2) is 0 Å². The van der Waals surface area contributed by atoms with Gasteiger partial charge in [0, 0.05) is 11.3 Å². The molecule has 0 amide bonds. The van der Waals surface area contributed by atoms with Crippen LogP contribution in [0.1, 0.15) is 0 Å². The van der Waals surface area contributed by atoms with Crippen LogP contribution >= 0.6 is 35.6 Å². The number of nitrogen functional groups attached to an aromatic ring is 2. The first-order valence-electron chi connectivity index (χ1n) is 4.69. The van der Waals surface area contributed by atoms with Crippen molar-refractivity contribution < 1.29 is 0 Å². The molecule has 2 aromatic rings. The number of benzene rings is 2. The van der Waals surface area contributed by atoms with Crippen LogP contribution in [0.4, 0.5) is 11.4 Å². The first-order valence-corrected chi connectivity index (χ1v) is 5.44. The number of hydrogen-bond donors (Lipinski definition) is 2. The van der Waals surface area contributed by atoms with E-state index in [2.05, 4.69) is 0 Å². The highest BCUT2D eigenvalue weighted by atomic mass is 35.5. The van der Waals surface area contributed by atoms with E-state index >= 15 is 0 Å². The van der Waals surface area contributed by atoms with E-state index in [9.17, 15) is 0 Å². The maximum absolute atomic E-state index is 6.13. The molecule has 4 N–H and O–H groups in total. The van der Waals surface area contributed by atoms with Gasteiger partial charge in [-0.05, 0) is 23.8 Å². The van der Waals surface area contributed by atoms with Crippen molar-refractivity contribution in [3.8, 4) is 11.1 Å². The van der Waals surface area contributed by atoms with Gasteiger partial charge in [-0.3, -0.25) is 0 Å². The molecule has 5 heteroatoms. The van der Waals surface area contributed by atoms with Gasteiger partial charge < -0.3 is 11.5 Å². The van der Waals surface area contributed by atoms with Crippen LogP contribution in [0, 0.1) is 0 Å². The van der Waals surface area contributed by atoms with Gasteiger partial charge in [0.05, 0.1) is 15.7 Å². The number of nitrogens with two attached hydrogens (primary N) is 2. The lowest BCUT2D eigenvalue weighted by molar-refractivity contribution is 1.60. The Labute approximate surface area is 116 Å². The van der Waals surface area contributed by atoms with Crippen molar-refractivity contribution in [3.05, 3.63) is 46.4 Å². The van der Waals surface area contributed by atoms with Gasteiger partial charge in [-0.2, -0.15) is 0 Å². The first kappa shape index (κ1) is 14.0. The first-order chi connectivity index (χ1) is 7.59. The molecular formula is C12H11Cl3N2. The van der Waals surface area contributed by atoms with E-state index in [1.165, 1.54) is 0 Å². The number of anilines is 2. The van der Waals surface area contributed by atoms with Crippen molar-refractivity contribution >= 4 is 47.0 Å². The lowest BCUT2D eigenvalue weighted by Gasteiger charge is -2.08. The fourth-order valence-corrected chi connectivity index (χ4v) is 1.90. The largest absolute Gasteiger partial charge is 0.399 e. The van der Waals surface area contributed by atoms with E-state index < -0.39 is 0 Å². The summed E-state index contributed by atoms with van der Waals surface area (Å²) in [5, 5.41) is 0.849.